The van der Waals surface area contributed by atoms with Crippen molar-refractivity contribution in [2.24, 2.45) is 0 Å². The lowest BCUT2D eigenvalue weighted by molar-refractivity contribution is -0.118. The van der Waals surface area contributed by atoms with Gasteiger partial charge in [-0.3, -0.25) is 14.5 Å². The number of methoxy groups -OCH3 is 1. The molecule has 0 saturated carbocycles. The van der Waals surface area contributed by atoms with E-state index in [-0.39, 0.29) is 17.8 Å². The molecule has 1 N–H and O–H groups in total. The van der Waals surface area contributed by atoms with Crippen molar-refractivity contribution in [3.63, 3.8) is 0 Å². The fraction of sp³-hybridized carbons (Fsp3) is 0.241. The second-order valence-electron chi connectivity index (χ2n) is 8.37. The van der Waals surface area contributed by atoms with Crippen molar-refractivity contribution in [2.45, 2.75) is 32.2 Å². The number of rotatable bonds is 10. The quantitative estimate of drug-likeness (QED) is 0.417. The van der Waals surface area contributed by atoms with Gasteiger partial charge in [0.2, 0.25) is 0 Å². The highest BCUT2D eigenvalue weighted by atomic mass is 16.5. The summed E-state index contributed by atoms with van der Waals surface area (Å²) >= 11 is 0. The van der Waals surface area contributed by atoms with Gasteiger partial charge in [0.25, 0.3) is 5.91 Å². The molecule has 0 aliphatic carbocycles. The zero-order chi connectivity index (χ0) is 24.8. The van der Waals surface area contributed by atoms with Crippen LogP contribution in [0.1, 0.15) is 36.9 Å². The van der Waals surface area contributed by atoms with Gasteiger partial charge in [0.15, 0.2) is 11.5 Å². The van der Waals surface area contributed by atoms with Gasteiger partial charge in [-0.25, -0.2) is 0 Å². The first-order valence-electron chi connectivity index (χ1n) is 11.7. The van der Waals surface area contributed by atoms with Gasteiger partial charge < -0.3 is 14.6 Å². The van der Waals surface area contributed by atoms with Gasteiger partial charge in [-0.15, -0.1) is 0 Å². The van der Waals surface area contributed by atoms with E-state index < -0.39 is 17.7 Å². The van der Waals surface area contributed by atoms with Crippen molar-refractivity contribution in [3.8, 4) is 11.5 Å². The molecule has 1 atom stereocenters. The summed E-state index contributed by atoms with van der Waals surface area (Å²) in [6.07, 6.45) is 1.54. The fourth-order valence-corrected chi connectivity index (χ4v) is 4.26. The Morgan fingerprint density at radius 1 is 0.971 bits per heavy atom. The highest BCUT2D eigenvalue weighted by Gasteiger charge is 2.44. The van der Waals surface area contributed by atoms with Crippen molar-refractivity contribution in [1.29, 1.82) is 0 Å². The Morgan fingerprint density at radius 3 is 2.46 bits per heavy atom. The number of nitrogens with zero attached hydrogens (tertiary/aromatic N) is 1. The molecule has 1 amide bonds. The lowest BCUT2D eigenvalue weighted by atomic mass is 9.93. The fourth-order valence-electron chi connectivity index (χ4n) is 4.26. The maximum atomic E-state index is 13.5. The monoisotopic (exact) mass is 471 g/mol. The molecule has 1 heterocycles. The van der Waals surface area contributed by atoms with Gasteiger partial charge in [0, 0.05) is 18.2 Å². The Balaban J connectivity index is 1.74. The van der Waals surface area contributed by atoms with E-state index in [9.17, 15) is 14.7 Å². The number of Topliss-reactive ketones (excluding diaryl/α,β-unsaturated/α-hetero) is 1. The molecule has 0 aromatic heterocycles. The van der Waals surface area contributed by atoms with Crippen LogP contribution in [0.4, 0.5) is 5.69 Å². The third-order valence-electron chi connectivity index (χ3n) is 5.97. The summed E-state index contributed by atoms with van der Waals surface area (Å²) in [5, 5.41) is 10.9. The van der Waals surface area contributed by atoms with Crippen molar-refractivity contribution in [3.05, 3.63) is 101 Å². The van der Waals surface area contributed by atoms with Crippen LogP contribution in [0.3, 0.4) is 0 Å². The van der Waals surface area contributed by atoms with Crippen molar-refractivity contribution < 1.29 is 24.2 Å². The summed E-state index contributed by atoms with van der Waals surface area (Å²) in [6.45, 7) is 2.57. The summed E-state index contributed by atoms with van der Waals surface area (Å²) in [5.41, 5.74) is 2.32. The number of amides is 1. The van der Waals surface area contributed by atoms with Crippen molar-refractivity contribution in [1.82, 2.24) is 0 Å². The Hall–Kier alpha value is -4.06. The molecular formula is C29H29NO5. The molecule has 180 valence electrons. The number of benzene rings is 3. The van der Waals surface area contributed by atoms with Crippen LogP contribution in [0.2, 0.25) is 0 Å². The first-order valence-corrected chi connectivity index (χ1v) is 11.7. The molecule has 1 aliphatic heterocycles. The maximum absolute atomic E-state index is 13.5. The normalized spacial score (nSPS) is 15.4. The highest BCUT2D eigenvalue weighted by molar-refractivity contribution is 6.16. The third kappa shape index (κ3) is 5.22. The molecule has 6 nitrogen and oxygen atoms in total. The Labute approximate surface area is 205 Å². The predicted octanol–water partition coefficient (Wildman–Crippen LogP) is 5.59. The molecule has 0 bridgehead atoms. The molecule has 1 aliphatic rings. The lowest BCUT2D eigenvalue weighted by Gasteiger charge is -2.27. The van der Waals surface area contributed by atoms with Gasteiger partial charge in [-0.05, 0) is 48.2 Å². The molecule has 35 heavy (non-hydrogen) atoms. The molecule has 0 saturated heterocycles. The van der Waals surface area contributed by atoms with E-state index in [0.717, 1.165) is 12.0 Å². The van der Waals surface area contributed by atoms with Crippen LogP contribution in [0.5, 0.6) is 11.5 Å². The average molecular weight is 472 g/mol. The van der Waals surface area contributed by atoms with E-state index >= 15 is 0 Å². The number of anilines is 1. The minimum absolute atomic E-state index is 0.0985. The van der Waals surface area contributed by atoms with E-state index in [1.54, 1.807) is 31.4 Å². The van der Waals surface area contributed by atoms with E-state index in [4.69, 9.17) is 9.47 Å². The van der Waals surface area contributed by atoms with E-state index in [0.29, 0.717) is 35.8 Å². The summed E-state index contributed by atoms with van der Waals surface area (Å²) in [6, 6.07) is 23.2. The lowest BCUT2D eigenvalue weighted by Crippen LogP contribution is -2.31. The summed E-state index contributed by atoms with van der Waals surface area (Å²) in [4.78, 5) is 28.2. The van der Waals surface area contributed by atoms with Crippen LogP contribution in [0.25, 0.3) is 0 Å². The maximum Gasteiger partial charge on any atom is 0.294 e. The average Bonchev–Trinajstić information content (AvgIpc) is 3.17. The number of carbonyl (C=O) groups excluding carboxylic acids is 2. The van der Waals surface area contributed by atoms with E-state index in [1.807, 2.05) is 61.5 Å². The van der Waals surface area contributed by atoms with E-state index in [2.05, 4.69) is 0 Å². The number of carbonyl (C=O) groups is 2. The largest absolute Gasteiger partial charge is 0.503 e. The summed E-state index contributed by atoms with van der Waals surface area (Å²) in [7, 11) is 1.55. The third-order valence-corrected chi connectivity index (χ3v) is 5.97. The Kier molecular flexibility index (Phi) is 7.51. The zero-order valence-corrected chi connectivity index (χ0v) is 19.9. The van der Waals surface area contributed by atoms with Crippen molar-refractivity contribution >= 4 is 17.4 Å². The Morgan fingerprint density at radius 2 is 1.71 bits per heavy atom. The number of aryl methyl sites for hydroxylation is 1. The Bertz CT molecular complexity index is 1230. The molecule has 1 unspecified atom stereocenters. The highest BCUT2D eigenvalue weighted by Crippen LogP contribution is 2.42. The summed E-state index contributed by atoms with van der Waals surface area (Å²) < 4.78 is 11.1. The SMILES string of the molecule is CCCOc1cccc(C2C(C(=O)CCc3ccccc3)=C(O)C(=O)N2c2cccc(OC)c2)c1. The molecule has 0 fully saturated rings. The first-order chi connectivity index (χ1) is 17.0. The van der Waals surface area contributed by atoms with Gasteiger partial charge >= 0.3 is 0 Å². The van der Waals surface area contributed by atoms with Gasteiger partial charge in [0.05, 0.1) is 25.3 Å². The second kappa shape index (κ2) is 10.9. The van der Waals surface area contributed by atoms with E-state index in [1.165, 1.54) is 4.90 Å². The molecule has 4 rings (SSSR count). The number of hydrogen-bond acceptors (Lipinski definition) is 5. The zero-order valence-electron chi connectivity index (χ0n) is 19.9. The molecular weight excluding hydrogens is 442 g/mol. The van der Waals surface area contributed by atoms with Crippen LogP contribution in [0, 0.1) is 0 Å². The van der Waals surface area contributed by atoms with Gasteiger partial charge in [-0.2, -0.15) is 0 Å². The molecule has 6 heteroatoms. The number of hydrogen-bond donors (Lipinski definition) is 1. The summed E-state index contributed by atoms with van der Waals surface area (Å²) in [5.74, 6) is -0.195. The van der Waals surface area contributed by atoms with Crippen LogP contribution >= 0.6 is 0 Å². The molecule has 3 aromatic rings. The molecule has 0 radical (unpaired) electrons. The van der Waals surface area contributed by atoms with Gasteiger partial charge in [0.1, 0.15) is 11.5 Å². The van der Waals surface area contributed by atoms with Crippen molar-refractivity contribution in [2.75, 3.05) is 18.6 Å². The molecule has 3 aromatic carbocycles. The smallest absolute Gasteiger partial charge is 0.294 e. The number of ketones is 1. The van der Waals surface area contributed by atoms with Crippen LogP contribution in [-0.4, -0.2) is 30.5 Å². The molecule has 0 spiro atoms. The van der Waals surface area contributed by atoms with Crippen LogP contribution < -0.4 is 14.4 Å². The number of aliphatic hydroxyl groups is 1. The topological polar surface area (TPSA) is 76.1 Å². The predicted molar refractivity (Wildman–Crippen MR) is 135 cm³/mol. The standard InChI is InChI=1S/C29H29NO5/c1-3-17-35-24-14-7-11-21(18-24)27-26(25(31)16-15-20-9-5-4-6-10-20)28(32)29(33)30(27)22-12-8-13-23(19-22)34-2/h4-14,18-19,27,32H,3,15-17H2,1-2H3. The second-order valence-corrected chi connectivity index (χ2v) is 8.37. The minimum atomic E-state index is -0.789. The minimum Gasteiger partial charge on any atom is -0.503 e. The first kappa shape index (κ1) is 24.1. The van der Waals surface area contributed by atoms with Crippen LogP contribution in [0.15, 0.2) is 90.2 Å². The van der Waals surface area contributed by atoms with Gasteiger partial charge in [-0.1, -0.05) is 55.5 Å². The van der Waals surface area contributed by atoms with Crippen LogP contribution in [-0.2, 0) is 16.0 Å². The number of aliphatic hydroxyl groups excluding tert-OH is 1. The number of ether oxygens (including phenoxy) is 2.